The molecule has 172 valence electrons. The quantitative estimate of drug-likeness (QED) is 0.535. The first-order valence-corrected chi connectivity index (χ1v) is 11.4. The first-order chi connectivity index (χ1) is 16.0. The van der Waals surface area contributed by atoms with Gasteiger partial charge >= 0.3 is 5.97 Å². The van der Waals surface area contributed by atoms with Gasteiger partial charge in [-0.05, 0) is 43.5 Å². The molecular formula is C26H30N4O3. The summed E-state index contributed by atoms with van der Waals surface area (Å²) < 4.78 is 4.65. The Balaban J connectivity index is 1.55. The molecule has 2 aromatic carbocycles. The molecule has 0 N–H and O–H groups in total. The van der Waals surface area contributed by atoms with E-state index in [1.807, 2.05) is 23.1 Å². The van der Waals surface area contributed by atoms with Crippen molar-refractivity contribution >= 4 is 28.7 Å². The molecule has 1 aliphatic rings. The molecule has 0 radical (unpaired) electrons. The highest BCUT2D eigenvalue weighted by atomic mass is 16.5. The average molecular weight is 447 g/mol. The van der Waals surface area contributed by atoms with E-state index in [2.05, 4.69) is 47.7 Å². The number of hydrogen-bond acceptors (Lipinski definition) is 6. The number of rotatable bonds is 6. The van der Waals surface area contributed by atoms with E-state index in [1.54, 1.807) is 0 Å². The van der Waals surface area contributed by atoms with E-state index in [0.29, 0.717) is 39.0 Å². The number of methoxy groups -OCH3 is 1. The van der Waals surface area contributed by atoms with Gasteiger partial charge < -0.3 is 14.5 Å². The highest BCUT2D eigenvalue weighted by molar-refractivity contribution is 5.85. The summed E-state index contributed by atoms with van der Waals surface area (Å²) in [7, 11) is 1.37. The van der Waals surface area contributed by atoms with Crippen molar-refractivity contribution in [3.8, 4) is 11.3 Å². The molecule has 3 aromatic rings. The zero-order valence-corrected chi connectivity index (χ0v) is 19.5. The Hall–Kier alpha value is -3.48. The summed E-state index contributed by atoms with van der Waals surface area (Å²) in [5, 5.41) is 0. The lowest BCUT2D eigenvalue weighted by Gasteiger charge is -2.36. The van der Waals surface area contributed by atoms with E-state index in [9.17, 15) is 9.59 Å². The monoisotopic (exact) mass is 446 g/mol. The number of fused-ring (bicyclic) bond motifs is 1. The van der Waals surface area contributed by atoms with Gasteiger partial charge in [0.2, 0.25) is 5.91 Å². The Labute approximate surface area is 194 Å². The first kappa shape index (κ1) is 22.7. The maximum Gasteiger partial charge on any atom is 0.305 e. The summed E-state index contributed by atoms with van der Waals surface area (Å²) in [6.45, 7) is 6.80. The molecule has 0 aliphatic carbocycles. The maximum atomic E-state index is 12.6. The summed E-state index contributed by atoms with van der Waals surface area (Å²) in [5.74, 6) is 0.661. The Morgan fingerprint density at radius 2 is 1.55 bits per heavy atom. The van der Waals surface area contributed by atoms with Crippen LogP contribution in [0.2, 0.25) is 0 Å². The van der Waals surface area contributed by atoms with Crippen molar-refractivity contribution in [3.05, 3.63) is 53.6 Å². The predicted octanol–water partition coefficient (Wildman–Crippen LogP) is 3.91. The molecule has 7 nitrogen and oxygen atoms in total. The van der Waals surface area contributed by atoms with Gasteiger partial charge in [0.15, 0.2) is 5.82 Å². The van der Waals surface area contributed by atoms with Gasteiger partial charge in [-0.15, -0.1) is 0 Å². The van der Waals surface area contributed by atoms with Crippen molar-refractivity contribution in [2.24, 2.45) is 0 Å². The van der Waals surface area contributed by atoms with Crippen LogP contribution in [0.5, 0.6) is 0 Å². The fourth-order valence-corrected chi connectivity index (χ4v) is 4.12. The SMILES string of the molecule is COC(=O)CCCC(=O)N1CCN(c2nc3cc(C)c(C)cc3nc2-c2ccccc2)CC1. The molecule has 0 spiro atoms. The van der Waals surface area contributed by atoms with Crippen LogP contribution in [0.25, 0.3) is 22.3 Å². The van der Waals surface area contributed by atoms with Gasteiger partial charge in [0.05, 0.1) is 18.1 Å². The van der Waals surface area contributed by atoms with Crippen LogP contribution in [0.15, 0.2) is 42.5 Å². The molecule has 1 aromatic heterocycles. The van der Waals surface area contributed by atoms with Crippen LogP contribution in [0.3, 0.4) is 0 Å². The van der Waals surface area contributed by atoms with Crippen molar-refractivity contribution in [1.82, 2.24) is 14.9 Å². The molecule has 7 heteroatoms. The van der Waals surface area contributed by atoms with Crippen LogP contribution in [0.4, 0.5) is 5.82 Å². The van der Waals surface area contributed by atoms with Crippen LogP contribution >= 0.6 is 0 Å². The molecule has 0 unspecified atom stereocenters. The van der Waals surface area contributed by atoms with Gasteiger partial charge in [-0.3, -0.25) is 9.59 Å². The fourth-order valence-electron chi connectivity index (χ4n) is 4.12. The van der Waals surface area contributed by atoms with Crippen LogP contribution in [0.1, 0.15) is 30.4 Å². The number of amides is 1. The Bertz CT molecular complexity index is 1160. The average Bonchev–Trinajstić information content (AvgIpc) is 2.84. The molecule has 0 saturated carbocycles. The standard InChI is InChI=1S/C26H30N4O3/c1-18-16-21-22(17-19(18)2)28-26(25(27-21)20-8-5-4-6-9-20)30-14-12-29(13-15-30)23(31)10-7-11-24(32)33-3/h4-6,8-9,16-17H,7,10-15H2,1-3H3. The number of hydrogen-bond donors (Lipinski definition) is 0. The number of carbonyl (C=O) groups is 2. The minimum absolute atomic E-state index is 0.0810. The lowest BCUT2D eigenvalue weighted by molar-refractivity contribution is -0.140. The van der Waals surface area contributed by atoms with Crippen LogP contribution in [0, 0.1) is 13.8 Å². The highest BCUT2D eigenvalue weighted by Crippen LogP contribution is 2.31. The summed E-state index contributed by atoms with van der Waals surface area (Å²) >= 11 is 0. The lowest BCUT2D eigenvalue weighted by atomic mass is 10.1. The van der Waals surface area contributed by atoms with Gasteiger partial charge in [0.1, 0.15) is 5.69 Å². The van der Waals surface area contributed by atoms with Gasteiger partial charge in [-0.25, -0.2) is 9.97 Å². The molecular weight excluding hydrogens is 416 g/mol. The van der Waals surface area contributed by atoms with Crippen molar-refractivity contribution < 1.29 is 14.3 Å². The Morgan fingerprint density at radius 1 is 0.909 bits per heavy atom. The Morgan fingerprint density at radius 3 is 2.18 bits per heavy atom. The van der Waals surface area contributed by atoms with E-state index in [0.717, 1.165) is 28.1 Å². The number of nitrogens with zero attached hydrogens (tertiary/aromatic N) is 4. The van der Waals surface area contributed by atoms with E-state index in [-0.39, 0.29) is 18.3 Å². The van der Waals surface area contributed by atoms with Gasteiger partial charge in [-0.2, -0.15) is 0 Å². The summed E-state index contributed by atoms with van der Waals surface area (Å²) in [6, 6.07) is 14.3. The van der Waals surface area contributed by atoms with E-state index in [4.69, 9.17) is 9.97 Å². The molecule has 33 heavy (non-hydrogen) atoms. The Kier molecular flexibility index (Phi) is 6.87. The first-order valence-electron chi connectivity index (χ1n) is 11.4. The summed E-state index contributed by atoms with van der Waals surface area (Å²) in [5.41, 5.74) is 6.06. The summed E-state index contributed by atoms with van der Waals surface area (Å²) in [4.78, 5) is 38.0. The lowest BCUT2D eigenvalue weighted by Crippen LogP contribution is -2.49. The van der Waals surface area contributed by atoms with Crippen molar-refractivity contribution in [2.75, 3.05) is 38.2 Å². The van der Waals surface area contributed by atoms with Gasteiger partial charge in [0, 0.05) is 44.6 Å². The van der Waals surface area contributed by atoms with Crippen molar-refractivity contribution in [2.45, 2.75) is 33.1 Å². The molecule has 2 heterocycles. The molecule has 1 aliphatic heterocycles. The van der Waals surface area contributed by atoms with Crippen LogP contribution in [-0.4, -0.2) is 60.0 Å². The molecule has 4 rings (SSSR count). The number of carbonyl (C=O) groups excluding carboxylic acids is 2. The van der Waals surface area contributed by atoms with E-state index < -0.39 is 0 Å². The van der Waals surface area contributed by atoms with Crippen molar-refractivity contribution in [1.29, 1.82) is 0 Å². The largest absolute Gasteiger partial charge is 0.469 e. The van der Waals surface area contributed by atoms with E-state index >= 15 is 0 Å². The number of anilines is 1. The second kappa shape index (κ2) is 9.98. The molecule has 1 amide bonds. The van der Waals surface area contributed by atoms with Crippen molar-refractivity contribution in [3.63, 3.8) is 0 Å². The minimum atomic E-state index is -0.277. The number of benzene rings is 2. The van der Waals surface area contributed by atoms with Gasteiger partial charge in [-0.1, -0.05) is 30.3 Å². The topological polar surface area (TPSA) is 75.6 Å². The van der Waals surface area contributed by atoms with E-state index in [1.165, 1.54) is 18.2 Å². The zero-order chi connectivity index (χ0) is 23.4. The second-order valence-corrected chi connectivity index (χ2v) is 8.48. The third-order valence-electron chi connectivity index (χ3n) is 6.24. The summed E-state index contributed by atoms with van der Waals surface area (Å²) in [6.07, 6.45) is 1.14. The maximum absolute atomic E-state index is 12.6. The normalized spacial score (nSPS) is 13.9. The zero-order valence-electron chi connectivity index (χ0n) is 19.5. The third-order valence-corrected chi connectivity index (χ3v) is 6.24. The molecule has 1 fully saturated rings. The fraction of sp³-hybridized carbons (Fsp3) is 0.385. The second-order valence-electron chi connectivity index (χ2n) is 8.48. The molecule has 1 saturated heterocycles. The minimum Gasteiger partial charge on any atom is -0.469 e. The number of aryl methyl sites for hydroxylation is 2. The molecule has 0 bridgehead atoms. The van der Waals surface area contributed by atoms with Crippen LogP contribution in [-0.2, 0) is 14.3 Å². The van der Waals surface area contributed by atoms with Crippen LogP contribution < -0.4 is 4.90 Å². The third kappa shape index (κ3) is 5.13. The highest BCUT2D eigenvalue weighted by Gasteiger charge is 2.25. The number of piperazine rings is 1. The smallest absolute Gasteiger partial charge is 0.305 e. The number of ether oxygens (including phenoxy) is 1. The predicted molar refractivity (Wildman–Crippen MR) is 129 cm³/mol. The van der Waals surface area contributed by atoms with Gasteiger partial charge in [0.25, 0.3) is 0 Å². The number of esters is 1. The number of aromatic nitrogens is 2. The molecule has 0 atom stereocenters.